The first-order valence-corrected chi connectivity index (χ1v) is 7.72. The Morgan fingerprint density at radius 3 is 2.77 bits per heavy atom. The van der Waals surface area contributed by atoms with E-state index in [4.69, 9.17) is 4.52 Å². The van der Waals surface area contributed by atoms with Gasteiger partial charge in [-0.15, -0.1) is 0 Å². The molecule has 1 unspecified atom stereocenters. The minimum absolute atomic E-state index is 0.307. The number of rotatable bonds is 3. The van der Waals surface area contributed by atoms with Gasteiger partial charge in [0.15, 0.2) is 0 Å². The number of hydrogen-bond acceptors (Lipinski definition) is 3. The fraction of sp³-hybridized carbons (Fsp3) is 0.211. The largest absolute Gasteiger partial charge is 0.361 e. The summed E-state index contributed by atoms with van der Waals surface area (Å²) in [6.45, 7) is 1.02. The third kappa shape index (κ3) is 2.55. The van der Waals surface area contributed by atoms with Crippen molar-refractivity contribution in [3.63, 3.8) is 0 Å². The van der Waals surface area contributed by atoms with Gasteiger partial charge in [0.2, 0.25) is 0 Å². The van der Waals surface area contributed by atoms with E-state index < -0.39 is 0 Å². The zero-order valence-corrected chi connectivity index (χ0v) is 12.3. The lowest BCUT2D eigenvalue weighted by Crippen LogP contribution is -2.31. The first-order chi connectivity index (χ1) is 10.9. The van der Waals surface area contributed by atoms with Crippen LogP contribution in [0, 0.1) is 0 Å². The third-order valence-corrected chi connectivity index (χ3v) is 4.25. The van der Waals surface area contributed by atoms with Gasteiger partial charge >= 0.3 is 0 Å². The van der Waals surface area contributed by atoms with Crippen molar-refractivity contribution in [3.05, 3.63) is 77.6 Å². The van der Waals surface area contributed by atoms with Crippen molar-refractivity contribution in [1.82, 2.24) is 10.5 Å². The van der Waals surface area contributed by atoms with Gasteiger partial charge in [-0.2, -0.15) is 0 Å². The average Bonchev–Trinajstić information content (AvgIpc) is 3.05. The summed E-state index contributed by atoms with van der Waals surface area (Å²) in [6, 6.07) is 21.2. The van der Waals surface area contributed by atoms with E-state index in [1.165, 1.54) is 11.1 Å². The summed E-state index contributed by atoms with van der Waals surface area (Å²) in [5, 5.41) is 7.79. The summed E-state index contributed by atoms with van der Waals surface area (Å²) in [4.78, 5) is 0. The maximum atomic E-state index is 5.55. The molecule has 1 aromatic heterocycles. The zero-order chi connectivity index (χ0) is 14.8. The van der Waals surface area contributed by atoms with Gasteiger partial charge in [0.05, 0.1) is 0 Å². The Balaban J connectivity index is 1.57. The summed E-state index contributed by atoms with van der Waals surface area (Å²) in [7, 11) is 0. The van der Waals surface area contributed by atoms with E-state index in [9.17, 15) is 0 Å². The van der Waals surface area contributed by atoms with Crippen molar-refractivity contribution >= 4 is 0 Å². The van der Waals surface area contributed by atoms with Crippen LogP contribution in [0.4, 0.5) is 0 Å². The van der Waals surface area contributed by atoms with Gasteiger partial charge in [-0.25, -0.2) is 0 Å². The van der Waals surface area contributed by atoms with Gasteiger partial charge in [0.25, 0.3) is 0 Å². The quantitative estimate of drug-likeness (QED) is 0.798. The van der Waals surface area contributed by atoms with Crippen LogP contribution in [0.15, 0.2) is 65.2 Å². The number of nitrogens with zero attached hydrogens (tertiary/aromatic N) is 1. The van der Waals surface area contributed by atoms with Crippen LogP contribution in [0.2, 0.25) is 0 Å². The molecule has 110 valence electrons. The molecule has 22 heavy (non-hydrogen) atoms. The smallest absolute Gasteiger partial charge is 0.139 e. The summed E-state index contributed by atoms with van der Waals surface area (Å²) < 4.78 is 5.55. The molecule has 0 bridgehead atoms. The van der Waals surface area contributed by atoms with Crippen LogP contribution in [0.25, 0.3) is 11.3 Å². The van der Waals surface area contributed by atoms with Gasteiger partial charge in [0, 0.05) is 24.1 Å². The monoisotopic (exact) mass is 290 g/mol. The van der Waals surface area contributed by atoms with Gasteiger partial charge < -0.3 is 9.84 Å². The van der Waals surface area contributed by atoms with Crippen molar-refractivity contribution in [2.75, 3.05) is 6.54 Å². The molecule has 0 spiro atoms. The highest BCUT2D eigenvalue weighted by Crippen LogP contribution is 2.27. The molecule has 0 amide bonds. The molecule has 0 saturated carbocycles. The molecule has 0 saturated heterocycles. The SMILES string of the molecule is c1ccc(-c2cc(CC3NCCc4ccccc43)on2)cc1. The van der Waals surface area contributed by atoms with Gasteiger partial charge in [-0.1, -0.05) is 59.8 Å². The minimum atomic E-state index is 0.307. The number of benzene rings is 2. The molecule has 1 aliphatic rings. The van der Waals surface area contributed by atoms with Crippen LogP contribution in [0.5, 0.6) is 0 Å². The Hall–Kier alpha value is -2.39. The highest BCUT2D eigenvalue weighted by molar-refractivity contribution is 5.58. The highest BCUT2D eigenvalue weighted by atomic mass is 16.5. The predicted molar refractivity (Wildman–Crippen MR) is 86.5 cm³/mol. The van der Waals surface area contributed by atoms with Crippen LogP contribution in [0.3, 0.4) is 0 Å². The summed E-state index contributed by atoms with van der Waals surface area (Å²) in [6.07, 6.45) is 1.93. The summed E-state index contributed by atoms with van der Waals surface area (Å²) >= 11 is 0. The van der Waals surface area contributed by atoms with Crippen LogP contribution in [-0.2, 0) is 12.8 Å². The minimum Gasteiger partial charge on any atom is -0.361 e. The van der Waals surface area contributed by atoms with Gasteiger partial charge in [0.1, 0.15) is 11.5 Å². The molecule has 1 atom stereocenters. The van der Waals surface area contributed by atoms with Crippen molar-refractivity contribution in [2.24, 2.45) is 0 Å². The molecular formula is C19H18N2O. The third-order valence-electron chi connectivity index (χ3n) is 4.25. The van der Waals surface area contributed by atoms with Gasteiger partial charge in [-0.05, 0) is 24.1 Å². The van der Waals surface area contributed by atoms with E-state index in [1.54, 1.807) is 0 Å². The molecule has 4 rings (SSSR count). The Morgan fingerprint density at radius 1 is 1.05 bits per heavy atom. The topological polar surface area (TPSA) is 38.1 Å². The molecule has 3 nitrogen and oxygen atoms in total. The van der Waals surface area contributed by atoms with Crippen LogP contribution >= 0.6 is 0 Å². The summed E-state index contributed by atoms with van der Waals surface area (Å²) in [5.41, 5.74) is 4.81. The van der Waals surface area contributed by atoms with Crippen molar-refractivity contribution in [3.8, 4) is 11.3 Å². The molecule has 0 fully saturated rings. The molecule has 0 aliphatic carbocycles. The molecule has 2 heterocycles. The standard InChI is InChI=1S/C19H18N2O/c1-2-7-15(8-3-1)18-12-16(22-21-18)13-19-17-9-5-4-6-14(17)10-11-20-19/h1-9,12,19-20H,10-11,13H2. The normalized spacial score (nSPS) is 17.2. The number of fused-ring (bicyclic) bond motifs is 1. The fourth-order valence-corrected chi connectivity index (χ4v) is 3.13. The molecular weight excluding hydrogens is 272 g/mol. The number of hydrogen-bond donors (Lipinski definition) is 1. The van der Waals surface area contributed by atoms with E-state index >= 15 is 0 Å². The molecule has 2 aromatic carbocycles. The van der Waals surface area contributed by atoms with E-state index in [1.807, 2.05) is 24.3 Å². The predicted octanol–water partition coefficient (Wildman–Crippen LogP) is 3.77. The molecule has 1 N–H and O–H groups in total. The Bertz CT molecular complexity index is 764. The summed E-state index contributed by atoms with van der Waals surface area (Å²) in [5.74, 6) is 0.924. The maximum absolute atomic E-state index is 5.55. The number of nitrogens with one attached hydrogen (secondary N) is 1. The Labute approximate surface area is 130 Å². The van der Waals surface area contributed by atoms with E-state index in [0.717, 1.165) is 36.4 Å². The van der Waals surface area contributed by atoms with E-state index in [0.29, 0.717) is 6.04 Å². The van der Waals surface area contributed by atoms with E-state index in [2.05, 4.69) is 46.9 Å². The fourth-order valence-electron chi connectivity index (χ4n) is 3.13. The Morgan fingerprint density at radius 2 is 1.86 bits per heavy atom. The zero-order valence-electron chi connectivity index (χ0n) is 12.3. The highest BCUT2D eigenvalue weighted by Gasteiger charge is 2.21. The lowest BCUT2D eigenvalue weighted by atomic mass is 9.92. The second-order valence-corrected chi connectivity index (χ2v) is 5.70. The van der Waals surface area contributed by atoms with Crippen molar-refractivity contribution in [1.29, 1.82) is 0 Å². The second kappa shape index (κ2) is 5.78. The van der Waals surface area contributed by atoms with Crippen molar-refractivity contribution < 1.29 is 4.52 Å². The second-order valence-electron chi connectivity index (χ2n) is 5.70. The molecule has 3 aromatic rings. The van der Waals surface area contributed by atoms with Crippen LogP contribution in [0.1, 0.15) is 22.9 Å². The molecule has 0 radical (unpaired) electrons. The first-order valence-electron chi connectivity index (χ1n) is 7.72. The van der Waals surface area contributed by atoms with E-state index in [-0.39, 0.29) is 0 Å². The van der Waals surface area contributed by atoms with Crippen LogP contribution in [-0.4, -0.2) is 11.7 Å². The first kappa shape index (κ1) is 13.3. The maximum Gasteiger partial charge on any atom is 0.139 e. The van der Waals surface area contributed by atoms with Crippen LogP contribution < -0.4 is 5.32 Å². The molecule has 3 heteroatoms. The van der Waals surface area contributed by atoms with Crippen molar-refractivity contribution in [2.45, 2.75) is 18.9 Å². The number of aromatic nitrogens is 1. The average molecular weight is 290 g/mol. The lowest BCUT2D eigenvalue weighted by molar-refractivity contribution is 0.362. The lowest BCUT2D eigenvalue weighted by Gasteiger charge is -2.26. The van der Waals surface area contributed by atoms with Gasteiger partial charge in [-0.3, -0.25) is 0 Å². The Kier molecular flexibility index (Phi) is 3.49. The molecule has 1 aliphatic heterocycles.